The van der Waals surface area contributed by atoms with Crippen molar-refractivity contribution >= 4 is 11.6 Å². The van der Waals surface area contributed by atoms with Crippen molar-refractivity contribution in [3.8, 4) is 11.5 Å². The van der Waals surface area contributed by atoms with Crippen LogP contribution in [0, 0.1) is 13.8 Å². The topological polar surface area (TPSA) is 64.4 Å². The van der Waals surface area contributed by atoms with E-state index in [0.29, 0.717) is 34.2 Å². The Bertz CT molecular complexity index is 806. The lowest BCUT2D eigenvalue weighted by molar-refractivity contribution is 0.102. The van der Waals surface area contributed by atoms with E-state index in [9.17, 15) is 4.79 Å². The van der Waals surface area contributed by atoms with Crippen LogP contribution in [0.3, 0.4) is 0 Å². The largest absolute Gasteiger partial charge is 0.455 e. The van der Waals surface area contributed by atoms with Gasteiger partial charge < -0.3 is 14.6 Å². The lowest BCUT2D eigenvalue weighted by Gasteiger charge is -2.12. The number of nitrogens with zero attached hydrogens (tertiary/aromatic N) is 1. The van der Waals surface area contributed by atoms with Crippen molar-refractivity contribution in [3.05, 3.63) is 71.6 Å². The minimum atomic E-state index is -0.273. The molecule has 3 aromatic rings. The number of anilines is 1. The Morgan fingerprint density at radius 2 is 1.74 bits per heavy atom. The van der Waals surface area contributed by atoms with E-state index < -0.39 is 0 Å². The van der Waals surface area contributed by atoms with Gasteiger partial charge in [-0.2, -0.15) is 0 Å². The predicted octanol–water partition coefficient (Wildman–Crippen LogP) is 4.34. The highest BCUT2D eigenvalue weighted by Crippen LogP contribution is 2.29. The average molecular weight is 308 g/mol. The van der Waals surface area contributed by atoms with Gasteiger partial charge in [-0.3, -0.25) is 4.79 Å². The molecule has 0 aliphatic carbocycles. The first-order valence-corrected chi connectivity index (χ1v) is 7.21. The number of rotatable bonds is 4. The Morgan fingerprint density at radius 3 is 2.43 bits per heavy atom. The highest BCUT2D eigenvalue weighted by Gasteiger charge is 2.18. The summed E-state index contributed by atoms with van der Waals surface area (Å²) in [6, 6.07) is 16.7. The van der Waals surface area contributed by atoms with Crippen molar-refractivity contribution in [2.75, 3.05) is 5.32 Å². The molecule has 1 N–H and O–H groups in total. The van der Waals surface area contributed by atoms with E-state index in [4.69, 9.17) is 9.26 Å². The van der Waals surface area contributed by atoms with Crippen molar-refractivity contribution in [2.24, 2.45) is 0 Å². The molecule has 5 heteroatoms. The van der Waals surface area contributed by atoms with Crippen LogP contribution in [0.1, 0.15) is 21.8 Å². The molecule has 1 heterocycles. The van der Waals surface area contributed by atoms with Crippen molar-refractivity contribution in [1.82, 2.24) is 5.16 Å². The van der Waals surface area contributed by atoms with Gasteiger partial charge in [0.05, 0.1) is 11.4 Å². The smallest absolute Gasteiger partial charge is 0.261 e. The SMILES string of the molecule is Cc1noc(C)c1C(=O)Nc1ccccc1Oc1ccccc1. The molecule has 0 aliphatic rings. The number of carbonyl (C=O) groups is 1. The van der Waals surface area contributed by atoms with Crippen LogP contribution >= 0.6 is 0 Å². The van der Waals surface area contributed by atoms with E-state index in [1.165, 1.54) is 0 Å². The summed E-state index contributed by atoms with van der Waals surface area (Å²) < 4.78 is 10.9. The van der Waals surface area contributed by atoms with Crippen molar-refractivity contribution in [1.29, 1.82) is 0 Å². The van der Waals surface area contributed by atoms with Gasteiger partial charge in [-0.15, -0.1) is 0 Å². The normalized spacial score (nSPS) is 10.3. The molecule has 0 saturated heterocycles. The summed E-state index contributed by atoms with van der Waals surface area (Å²) in [6.07, 6.45) is 0. The average Bonchev–Trinajstić information content (AvgIpc) is 2.89. The molecule has 0 bridgehead atoms. The first-order chi connectivity index (χ1) is 11.1. The van der Waals surface area contributed by atoms with Gasteiger partial charge in [-0.05, 0) is 38.1 Å². The third kappa shape index (κ3) is 3.23. The number of aromatic nitrogens is 1. The molecule has 0 unspecified atom stereocenters. The van der Waals surface area contributed by atoms with Crippen molar-refractivity contribution in [3.63, 3.8) is 0 Å². The maximum atomic E-state index is 12.5. The molecule has 23 heavy (non-hydrogen) atoms. The molecule has 0 spiro atoms. The third-order valence-corrected chi connectivity index (χ3v) is 3.37. The number of hydrogen-bond donors (Lipinski definition) is 1. The zero-order chi connectivity index (χ0) is 16.2. The van der Waals surface area contributed by atoms with Gasteiger partial charge in [0.2, 0.25) is 0 Å². The van der Waals surface area contributed by atoms with Crippen LogP contribution in [0.4, 0.5) is 5.69 Å². The zero-order valence-electron chi connectivity index (χ0n) is 12.9. The summed E-state index contributed by atoms with van der Waals surface area (Å²) in [5.41, 5.74) is 1.59. The molecule has 0 radical (unpaired) electrons. The van der Waals surface area contributed by atoms with Crippen LogP contribution in [-0.4, -0.2) is 11.1 Å². The molecule has 5 nitrogen and oxygen atoms in total. The molecule has 0 atom stereocenters. The molecular formula is C18H16N2O3. The Balaban J connectivity index is 1.85. The molecule has 116 valence electrons. The number of para-hydroxylation sites is 3. The highest BCUT2D eigenvalue weighted by atomic mass is 16.5. The number of carbonyl (C=O) groups excluding carboxylic acids is 1. The van der Waals surface area contributed by atoms with Gasteiger partial charge in [0.1, 0.15) is 17.1 Å². The van der Waals surface area contributed by atoms with Crippen molar-refractivity contribution in [2.45, 2.75) is 13.8 Å². The van der Waals surface area contributed by atoms with Gasteiger partial charge in [0.15, 0.2) is 5.75 Å². The van der Waals surface area contributed by atoms with E-state index in [-0.39, 0.29) is 5.91 Å². The van der Waals surface area contributed by atoms with Gasteiger partial charge in [0, 0.05) is 0 Å². The standard InChI is InChI=1S/C18H16N2O3/c1-12-17(13(2)23-20-12)18(21)19-15-10-6-7-11-16(15)22-14-8-4-3-5-9-14/h3-11H,1-2H3,(H,19,21). The molecule has 1 aromatic heterocycles. The lowest BCUT2D eigenvalue weighted by atomic mass is 10.2. The van der Waals surface area contributed by atoms with E-state index in [0.717, 1.165) is 0 Å². The summed E-state index contributed by atoms with van der Waals surface area (Å²) in [6.45, 7) is 3.44. The fourth-order valence-corrected chi connectivity index (χ4v) is 2.27. The minimum absolute atomic E-state index is 0.273. The van der Waals surface area contributed by atoms with E-state index >= 15 is 0 Å². The second-order valence-electron chi connectivity index (χ2n) is 5.06. The first-order valence-electron chi connectivity index (χ1n) is 7.21. The highest BCUT2D eigenvalue weighted by molar-refractivity contribution is 6.06. The Hall–Kier alpha value is -3.08. The van der Waals surface area contributed by atoms with Crippen LogP contribution in [0.5, 0.6) is 11.5 Å². The minimum Gasteiger partial charge on any atom is -0.455 e. The predicted molar refractivity (Wildman–Crippen MR) is 86.9 cm³/mol. The zero-order valence-corrected chi connectivity index (χ0v) is 12.9. The molecule has 2 aromatic carbocycles. The van der Waals surface area contributed by atoms with Crippen LogP contribution in [0.25, 0.3) is 0 Å². The van der Waals surface area contributed by atoms with E-state index in [1.54, 1.807) is 26.0 Å². The number of nitrogens with one attached hydrogen (secondary N) is 1. The van der Waals surface area contributed by atoms with Crippen LogP contribution < -0.4 is 10.1 Å². The van der Waals surface area contributed by atoms with Gasteiger partial charge in [-0.25, -0.2) is 0 Å². The monoisotopic (exact) mass is 308 g/mol. The summed E-state index contributed by atoms with van der Waals surface area (Å²) in [7, 11) is 0. The number of aryl methyl sites for hydroxylation is 2. The fraction of sp³-hybridized carbons (Fsp3) is 0.111. The van der Waals surface area contributed by atoms with E-state index in [1.807, 2.05) is 42.5 Å². The summed E-state index contributed by atoms with van der Waals surface area (Å²) in [5, 5.41) is 6.65. The first kappa shape index (κ1) is 14.8. The Kier molecular flexibility index (Phi) is 4.10. The summed E-state index contributed by atoms with van der Waals surface area (Å²) in [4.78, 5) is 12.5. The molecule has 0 fully saturated rings. The van der Waals surface area contributed by atoms with Crippen LogP contribution in [-0.2, 0) is 0 Å². The number of hydrogen-bond acceptors (Lipinski definition) is 4. The summed E-state index contributed by atoms with van der Waals surface area (Å²) in [5.74, 6) is 1.48. The second-order valence-corrected chi connectivity index (χ2v) is 5.06. The van der Waals surface area contributed by atoms with E-state index in [2.05, 4.69) is 10.5 Å². The fourth-order valence-electron chi connectivity index (χ4n) is 2.27. The van der Waals surface area contributed by atoms with Crippen LogP contribution in [0.2, 0.25) is 0 Å². The van der Waals surface area contributed by atoms with Crippen molar-refractivity contribution < 1.29 is 14.1 Å². The second kappa shape index (κ2) is 6.36. The molecule has 0 saturated carbocycles. The Labute approximate surface area is 133 Å². The maximum absolute atomic E-state index is 12.5. The molecular weight excluding hydrogens is 292 g/mol. The van der Waals surface area contributed by atoms with Gasteiger partial charge >= 0.3 is 0 Å². The lowest BCUT2D eigenvalue weighted by Crippen LogP contribution is -2.14. The van der Waals surface area contributed by atoms with Gasteiger partial charge in [-0.1, -0.05) is 35.5 Å². The third-order valence-electron chi connectivity index (χ3n) is 3.37. The molecule has 1 amide bonds. The number of amides is 1. The number of benzene rings is 2. The summed E-state index contributed by atoms with van der Waals surface area (Å²) >= 11 is 0. The Morgan fingerprint density at radius 1 is 1.04 bits per heavy atom. The maximum Gasteiger partial charge on any atom is 0.261 e. The molecule has 3 rings (SSSR count). The quantitative estimate of drug-likeness (QED) is 0.779. The molecule has 0 aliphatic heterocycles. The van der Waals surface area contributed by atoms with Gasteiger partial charge in [0.25, 0.3) is 5.91 Å². The van der Waals surface area contributed by atoms with Crippen LogP contribution in [0.15, 0.2) is 59.1 Å². The number of ether oxygens (including phenoxy) is 1.